The minimum absolute atomic E-state index is 0.0551. The van der Waals surface area contributed by atoms with Crippen molar-refractivity contribution in [2.24, 2.45) is 0 Å². The number of aromatic nitrogens is 1. The van der Waals surface area contributed by atoms with E-state index in [1.54, 1.807) is 0 Å². The van der Waals surface area contributed by atoms with Gasteiger partial charge in [0.1, 0.15) is 0 Å². The molecule has 3 nitrogen and oxygen atoms in total. The molecule has 1 amide bonds. The molecule has 2 aromatic carbocycles. The van der Waals surface area contributed by atoms with Crippen LogP contribution in [0, 0.1) is 0 Å². The highest BCUT2D eigenvalue weighted by Gasteiger charge is 2.14. The summed E-state index contributed by atoms with van der Waals surface area (Å²) in [5, 5.41) is 4.56. The number of rotatable bonds is 9. The number of unbranched alkanes of at least 4 members (excludes halogenated alkanes) is 5. The Morgan fingerprint density at radius 3 is 2.50 bits per heavy atom. The maximum atomic E-state index is 12.9. The lowest BCUT2D eigenvalue weighted by atomic mass is 10.0. The molecule has 0 saturated carbocycles. The van der Waals surface area contributed by atoms with Crippen molar-refractivity contribution in [3.63, 3.8) is 0 Å². The summed E-state index contributed by atoms with van der Waals surface area (Å²) in [5.41, 5.74) is 2.99. The first kappa shape index (κ1) is 20.3. The first-order valence-electron chi connectivity index (χ1n) is 10.1. The Labute approximate surface area is 172 Å². The number of amides is 1. The highest BCUT2D eigenvalue weighted by Crippen LogP contribution is 2.29. The summed E-state index contributed by atoms with van der Waals surface area (Å²) < 4.78 is 0. The van der Waals surface area contributed by atoms with Crippen molar-refractivity contribution in [3.8, 4) is 11.3 Å². The van der Waals surface area contributed by atoms with Gasteiger partial charge < -0.3 is 5.32 Å². The van der Waals surface area contributed by atoms with Gasteiger partial charge in [-0.3, -0.25) is 4.79 Å². The number of hydrogen-bond acceptors (Lipinski definition) is 2. The minimum atomic E-state index is -0.0551. The molecule has 3 aromatic rings. The fraction of sp³-hybridized carbons (Fsp3) is 0.333. The molecule has 1 N–H and O–H groups in total. The second-order valence-corrected chi connectivity index (χ2v) is 7.48. The molecule has 0 aliphatic heterocycles. The summed E-state index contributed by atoms with van der Waals surface area (Å²) in [4.78, 5) is 17.6. The van der Waals surface area contributed by atoms with Crippen LogP contribution in [0.4, 0.5) is 0 Å². The SMILES string of the molecule is CCCCCCCCNC(=O)c1cc(-c2ccccc2Cl)nc2ccccc12. The van der Waals surface area contributed by atoms with Crippen LogP contribution in [0.2, 0.25) is 5.02 Å². The van der Waals surface area contributed by atoms with E-state index in [1.165, 1.54) is 25.7 Å². The summed E-state index contributed by atoms with van der Waals surface area (Å²) in [7, 11) is 0. The van der Waals surface area contributed by atoms with Crippen LogP contribution >= 0.6 is 11.6 Å². The molecule has 0 aliphatic rings. The zero-order chi connectivity index (χ0) is 19.8. The van der Waals surface area contributed by atoms with Crippen LogP contribution < -0.4 is 5.32 Å². The maximum absolute atomic E-state index is 12.9. The molecule has 0 spiro atoms. The normalized spacial score (nSPS) is 10.9. The Kier molecular flexibility index (Phi) is 7.44. The molecule has 0 atom stereocenters. The van der Waals surface area contributed by atoms with Gasteiger partial charge >= 0.3 is 0 Å². The van der Waals surface area contributed by atoms with Crippen LogP contribution in [0.5, 0.6) is 0 Å². The number of halogens is 1. The first-order chi connectivity index (χ1) is 13.7. The molecule has 1 heterocycles. The van der Waals surface area contributed by atoms with E-state index < -0.39 is 0 Å². The maximum Gasteiger partial charge on any atom is 0.252 e. The van der Waals surface area contributed by atoms with E-state index in [0.717, 1.165) is 29.3 Å². The quantitative estimate of drug-likeness (QED) is 0.413. The van der Waals surface area contributed by atoms with Crippen LogP contribution in [0.3, 0.4) is 0 Å². The number of carbonyl (C=O) groups excluding carboxylic acids is 1. The molecule has 146 valence electrons. The van der Waals surface area contributed by atoms with Crippen molar-refractivity contribution in [1.29, 1.82) is 0 Å². The number of pyridine rings is 1. The van der Waals surface area contributed by atoms with Gasteiger partial charge in [-0.15, -0.1) is 0 Å². The van der Waals surface area contributed by atoms with E-state index in [-0.39, 0.29) is 5.91 Å². The van der Waals surface area contributed by atoms with E-state index in [9.17, 15) is 4.79 Å². The molecule has 0 unspecified atom stereocenters. The lowest BCUT2D eigenvalue weighted by Gasteiger charge is -2.11. The second-order valence-electron chi connectivity index (χ2n) is 7.08. The molecule has 0 radical (unpaired) electrons. The zero-order valence-corrected chi connectivity index (χ0v) is 17.1. The van der Waals surface area contributed by atoms with Gasteiger partial charge in [0.05, 0.1) is 16.8 Å². The molecule has 1 aromatic heterocycles. The molecule has 28 heavy (non-hydrogen) atoms. The zero-order valence-electron chi connectivity index (χ0n) is 16.4. The van der Waals surface area contributed by atoms with Crippen molar-refractivity contribution >= 4 is 28.4 Å². The van der Waals surface area contributed by atoms with Crippen LogP contribution in [0.15, 0.2) is 54.6 Å². The van der Waals surface area contributed by atoms with Gasteiger partial charge in [-0.1, -0.05) is 87.0 Å². The smallest absolute Gasteiger partial charge is 0.252 e. The molecule has 3 rings (SSSR count). The monoisotopic (exact) mass is 394 g/mol. The van der Waals surface area contributed by atoms with Crippen LogP contribution in [-0.4, -0.2) is 17.4 Å². The Morgan fingerprint density at radius 1 is 0.964 bits per heavy atom. The number of benzene rings is 2. The molecular weight excluding hydrogens is 368 g/mol. The molecule has 0 bridgehead atoms. The van der Waals surface area contributed by atoms with Gasteiger partial charge in [-0.2, -0.15) is 0 Å². The van der Waals surface area contributed by atoms with Crippen molar-refractivity contribution in [1.82, 2.24) is 10.3 Å². The molecule has 0 fully saturated rings. The summed E-state index contributed by atoms with van der Waals surface area (Å²) >= 11 is 6.36. The first-order valence-corrected chi connectivity index (χ1v) is 10.5. The second kappa shape index (κ2) is 10.2. The van der Waals surface area contributed by atoms with E-state index in [2.05, 4.69) is 12.2 Å². The average molecular weight is 395 g/mol. The lowest BCUT2D eigenvalue weighted by Crippen LogP contribution is -2.24. The lowest BCUT2D eigenvalue weighted by molar-refractivity contribution is 0.0954. The number of nitrogens with zero attached hydrogens (tertiary/aromatic N) is 1. The average Bonchev–Trinajstić information content (AvgIpc) is 2.72. The standard InChI is InChI=1S/C24H27ClN2O/c1-2-3-4-5-6-11-16-26-24(28)20-17-23(19-13-7-9-14-21(19)25)27-22-15-10-8-12-18(20)22/h7-10,12-15,17H,2-6,11,16H2,1H3,(H,26,28). The number of carbonyl (C=O) groups is 1. The highest BCUT2D eigenvalue weighted by molar-refractivity contribution is 6.33. The number of nitrogens with one attached hydrogen (secondary N) is 1. The van der Waals surface area contributed by atoms with E-state index >= 15 is 0 Å². The van der Waals surface area contributed by atoms with Crippen LogP contribution in [-0.2, 0) is 0 Å². The predicted molar refractivity (Wildman–Crippen MR) is 118 cm³/mol. The molecular formula is C24H27ClN2O. The topological polar surface area (TPSA) is 42.0 Å². The molecule has 0 aliphatic carbocycles. The van der Waals surface area contributed by atoms with E-state index in [4.69, 9.17) is 16.6 Å². The Morgan fingerprint density at radius 2 is 1.68 bits per heavy atom. The van der Waals surface area contributed by atoms with Crippen molar-refractivity contribution in [3.05, 3.63) is 65.2 Å². The fourth-order valence-corrected chi connectivity index (χ4v) is 3.61. The highest BCUT2D eigenvalue weighted by atomic mass is 35.5. The molecule has 4 heteroatoms. The Bertz CT molecular complexity index is 939. The fourth-order valence-electron chi connectivity index (χ4n) is 3.37. The van der Waals surface area contributed by atoms with Crippen LogP contribution in [0.25, 0.3) is 22.2 Å². The third-order valence-electron chi connectivity index (χ3n) is 4.93. The van der Waals surface area contributed by atoms with Crippen molar-refractivity contribution in [2.75, 3.05) is 6.54 Å². The minimum Gasteiger partial charge on any atom is -0.352 e. The summed E-state index contributed by atoms with van der Waals surface area (Å²) in [6, 6.07) is 17.2. The number of para-hydroxylation sites is 1. The van der Waals surface area contributed by atoms with Gasteiger partial charge in [-0.25, -0.2) is 4.98 Å². The van der Waals surface area contributed by atoms with Gasteiger partial charge in [0.2, 0.25) is 0 Å². The Hall–Kier alpha value is -2.39. The summed E-state index contributed by atoms with van der Waals surface area (Å²) in [5.74, 6) is -0.0551. The summed E-state index contributed by atoms with van der Waals surface area (Å²) in [6.45, 7) is 2.92. The van der Waals surface area contributed by atoms with Gasteiger partial charge in [0.25, 0.3) is 5.91 Å². The van der Waals surface area contributed by atoms with Gasteiger partial charge in [-0.05, 0) is 24.6 Å². The number of hydrogen-bond donors (Lipinski definition) is 1. The summed E-state index contributed by atoms with van der Waals surface area (Å²) in [6.07, 6.45) is 7.22. The third kappa shape index (κ3) is 5.11. The van der Waals surface area contributed by atoms with Gasteiger partial charge in [0.15, 0.2) is 0 Å². The van der Waals surface area contributed by atoms with Crippen molar-refractivity contribution in [2.45, 2.75) is 45.4 Å². The van der Waals surface area contributed by atoms with Crippen molar-refractivity contribution < 1.29 is 4.79 Å². The number of fused-ring (bicyclic) bond motifs is 1. The molecule has 0 saturated heterocycles. The van der Waals surface area contributed by atoms with E-state index in [0.29, 0.717) is 22.8 Å². The van der Waals surface area contributed by atoms with Gasteiger partial charge in [0, 0.05) is 22.5 Å². The predicted octanol–water partition coefficient (Wildman–Crippen LogP) is 6.65. The Balaban J connectivity index is 1.78. The van der Waals surface area contributed by atoms with Crippen LogP contribution in [0.1, 0.15) is 55.8 Å². The van der Waals surface area contributed by atoms with E-state index in [1.807, 2.05) is 54.6 Å². The largest absolute Gasteiger partial charge is 0.352 e. The third-order valence-corrected chi connectivity index (χ3v) is 5.26.